The van der Waals surface area contributed by atoms with E-state index in [-0.39, 0.29) is 10.6 Å². The Balaban J connectivity index is 1.68. The second kappa shape index (κ2) is 11.5. The number of halogens is 3. The fraction of sp³-hybridized carbons (Fsp3) is 0.261. The molecule has 0 bridgehead atoms. The summed E-state index contributed by atoms with van der Waals surface area (Å²) in [5.74, 6) is 1.66. The van der Waals surface area contributed by atoms with Gasteiger partial charge in [0.2, 0.25) is 5.91 Å². The Hall–Kier alpha value is -2.92. The van der Waals surface area contributed by atoms with Gasteiger partial charge in [0, 0.05) is 6.54 Å². The van der Waals surface area contributed by atoms with E-state index in [1.165, 1.54) is 30.3 Å². The first kappa shape index (κ1) is 25.7. The van der Waals surface area contributed by atoms with Gasteiger partial charge in [-0.15, -0.1) is 0 Å². The smallest absolute Gasteiger partial charge is 0.416 e. The average molecular weight is 513 g/mol. The summed E-state index contributed by atoms with van der Waals surface area (Å²) in [4.78, 5) is 12.4. The van der Waals surface area contributed by atoms with E-state index in [0.717, 1.165) is 29.7 Å². The molecule has 0 aliphatic heterocycles. The highest BCUT2D eigenvalue weighted by Gasteiger charge is 2.33. The van der Waals surface area contributed by atoms with E-state index >= 15 is 0 Å². The zero-order valence-electron chi connectivity index (χ0n) is 18.0. The number of carbonyl (C=O) groups excluding carboxylic acids is 1. The van der Waals surface area contributed by atoms with Gasteiger partial charge in [0.15, 0.2) is 0 Å². The molecule has 182 valence electrons. The van der Waals surface area contributed by atoms with Gasteiger partial charge in [-0.05, 0) is 54.6 Å². The largest absolute Gasteiger partial charge is 0.468 e. The minimum Gasteiger partial charge on any atom is -0.468 e. The van der Waals surface area contributed by atoms with Gasteiger partial charge in [0.25, 0.3) is 10.0 Å². The summed E-state index contributed by atoms with van der Waals surface area (Å²) in [5, 5.41) is 2.64. The fourth-order valence-corrected chi connectivity index (χ4v) is 5.32. The maximum atomic E-state index is 13.2. The van der Waals surface area contributed by atoms with Gasteiger partial charge >= 0.3 is 6.18 Å². The highest BCUT2D eigenvalue weighted by Crippen LogP contribution is 2.33. The predicted octanol–water partition coefficient (Wildman–Crippen LogP) is 4.93. The molecular formula is C23H23F3N2O4S2. The van der Waals surface area contributed by atoms with E-state index in [9.17, 15) is 26.4 Å². The van der Waals surface area contributed by atoms with Gasteiger partial charge in [-0.3, -0.25) is 9.10 Å². The molecule has 0 saturated heterocycles. The zero-order valence-corrected chi connectivity index (χ0v) is 19.6. The molecule has 0 spiro atoms. The molecule has 1 aromatic heterocycles. The number of furan rings is 1. The highest BCUT2D eigenvalue weighted by atomic mass is 32.2. The monoisotopic (exact) mass is 512 g/mol. The Morgan fingerprint density at radius 1 is 1.03 bits per heavy atom. The molecule has 2 aromatic carbocycles. The molecular weight excluding hydrogens is 489 g/mol. The maximum Gasteiger partial charge on any atom is 0.416 e. The van der Waals surface area contributed by atoms with Crippen molar-refractivity contribution >= 4 is 33.4 Å². The molecule has 0 fully saturated rings. The number of hydrogen-bond acceptors (Lipinski definition) is 5. The van der Waals surface area contributed by atoms with E-state index in [2.05, 4.69) is 5.32 Å². The number of alkyl halides is 3. The number of hydrogen-bond donors (Lipinski definition) is 1. The zero-order chi connectivity index (χ0) is 24.6. The Morgan fingerprint density at radius 2 is 1.79 bits per heavy atom. The lowest BCUT2D eigenvalue weighted by molar-refractivity contribution is -0.137. The summed E-state index contributed by atoms with van der Waals surface area (Å²) in [7, 11) is -4.29. The number of thioether (sulfide) groups is 1. The Bertz CT molecular complexity index is 1170. The number of sulfonamides is 1. The van der Waals surface area contributed by atoms with Crippen LogP contribution in [0.15, 0.2) is 82.3 Å². The average Bonchev–Trinajstić information content (AvgIpc) is 3.33. The van der Waals surface area contributed by atoms with E-state index in [1.807, 2.05) is 6.07 Å². The van der Waals surface area contributed by atoms with E-state index < -0.39 is 34.2 Å². The summed E-state index contributed by atoms with van der Waals surface area (Å²) in [6.45, 7) is -0.357. The van der Waals surface area contributed by atoms with Crippen molar-refractivity contribution < 1.29 is 30.8 Å². The Morgan fingerprint density at radius 3 is 2.47 bits per heavy atom. The van der Waals surface area contributed by atoms with Gasteiger partial charge in [-0.1, -0.05) is 24.3 Å². The molecule has 34 heavy (non-hydrogen) atoms. The molecule has 1 N–H and O–H groups in total. The molecule has 0 saturated carbocycles. The first-order valence-corrected chi connectivity index (χ1v) is 12.9. The Labute approximate surface area is 200 Å². The molecule has 1 amide bonds. The number of nitrogens with one attached hydrogen (secondary N) is 1. The number of rotatable bonds is 11. The Kier molecular flexibility index (Phi) is 8.67. The van der Waals surface area contributed by atoms with Crippen molar-refractivity contribution in [1.29, 1.82) is 0 Å². The van der Waals surface area contributed by atoms with Gasteiger partial charge in [-0.2, -0.15) is 24.9 Å². The van der Waals surface area contributed by atoms with E-state index in [4.69, 9.17) is 4.42 Å². The summed E-state index contributed by atoms with van der Waals surface area (Å²) in [6, 6.07) is 14.8. The lowest BCUT2D eigenvalue weighted by Gasteiger charge is -2.25. The topological polar surface area (TPSA) is 79.6 Å². The van der Waals surface area contributed by atoms with Crippen LogP contribution in [0.1, 0.15) is 17.7 Å². The van der Waals surface area contributed by atoms with Crippen LogP contribution in [0, 0.1) is 0 Å². The van der Waals surface area contributed by atoms with Crippen LogP contribution in [-0.4, -0.2) is 33.2 Å². The number of benzene rings is 2. The van der Waals surface area contributed by atoms with Crippen LogP contribution in [-0.2, 0) is 26.7 Å². The maximum absolute atomic E-state index is 13.2. The van der Waals surface area contributed by atoms with Crippen molar-refractivity contribution in [3.63, 3.8) is 0 Å². The van der Waals surface area contributed by atoms with Crippen LogP contribution in [0.5, 0.6) is 0 Å². The van der Waals surface area contributed by atoms with Crippen LogP contribution < -0.4 is 9.62 Å². The van der Waals surface area contributed by atoms with Crippen molar-refractivity contribution in [1.82, 2.24) is 5.32 Å². The van der Waals surface area contributed by atoms with E-state index in [1.54, 1.807) is 30.2 Å². The quantitative estimate of drug-likeness (QED) is 0.369. The van der Waals surface area contributed by atoms with Crippen LogP contribution in [0.3, 0.4) is 0 Å². The molecule has 6 nitrogen and oxygen atoms in total. The summed E-state index contributed by atoms with van der Waals surface area (Å²) < 4.78 is 72.0. The van der Waals surface area contributed by atoms with Gasteiger partial charge in [0.1, 0.15) is 12.3 Å². The fourth-order valence-electron chi connectivity index (χ4n) is 3.03. The first-order chi connectivity index (χ1) is 16.2. The third-order valence-electron chi connectivity index (χ3n) is 4.69. The molecule has 1 heterocycles. The molecule has 0 unspecified atom stereocenters. The van der Waals surface area contributed by atoms with Crippen LogP contribution >= 0.6 is 11.8 Å². The van der Waals surface area contributed by atoms with Crippen molar-refractivity contribution in [2.45, 2.75) is 23.2 Å². The highest BCUT2D eigenvalue weighted by molar-refractivity contribution is 7.98. The van der Waals surface area contributed by atoms with Crippen molar-refractivity contribution in [2.75, 3.05) is 23.1 Å². The SMILES string of the molecule is O=C(CN(c1cccc(C(F)(F)F)c1)S(=O)(=O)c1ccccc1)NCCCSCc1ccco1. The molecule has 11 heteroatoms. The van der Waals surface area contributed by atoms with Crippen molar-refractivity contribution in [2.24, 2.45) is 0 Å². The minimum absolute atomic E-state index is 0.130. The van der Waals surface area contributed by atoms with E-state index in [0.29, 0.717) is 23.0 Å². The van der Waals surface area contributed by atoms with Crippen LogP contribution in [0.4, 0.5) is 18.9 Å². The lowest BCUT2D eigenvalue weighted by atomic mass is 10.2. The molecule has 3 rings (SSSR count). The van der Waals surface area contributed by atoms with Crippen molar-refractivity contribution in [3.05, 3.63) is 84.3 Å². The molecule has 0 aliphatic carbocycles. The second-order valence-electron chi connectivity index (χ2n) is 7.21. The van der Waals surface area contributed by atoms with Gasteiger partial charge in [0.05, 0.1) is 28.2 Å². The predicted molar refractivity (Wildman–Crippen MR) is 125 cm³/mol. The van der Waals surface area contributed by atoms with Crippen LogP contribution in [0.25, 0.3) is 0 Å². The summed E-state index contributed by atoms with van der Waals surface area (Å²) >= 11 is 1.62. The van der Waals surface area contributed by atoms with Crippen LogP contribution in [0.2, 0.25) is 0 Å². The van der Waals surface area contributed by atoms with Gasteiger partial charge in [-0.25, -0.2) is 8.42 Å². The third-order valence-corrected chi connectivity index (χ3v) is 7.55. The first-order valence-electron chi connectivity index (χ1n) is 10.3. The molecule has 0 aliphatic rings. The number of carbonyl (C=O) groups is 1. The number of anilines is 1. The molecule has 3 aromatic rings. The van der Waals surface area contributed by atoms with Gasteiger partial charge < -0.3 is 9.73 Å². The standard InChI is InChI=1S/C23H23F3N2O4S2/c24-23(25,26)18-7-4-8-19(15-18)28(34(30,31)21-10-2-1-3-11-21)16-22(29)27-12-6-14-33-17-20-9-5-13-32-20/h1-5,7-11,13,15H,6,12,14,16-17H2,(H,27,29). The van der Waals surface area contributed by atoms with Crippen molar-refractivity contribution in [3.8, 4) is 0 Å². The third kappa shape index (κ3) is 7.04. The summed E-state index contributed by atoms with van der Waals surface area (Å²) in [6.07, 6.45) is -2.43. The normalized spacial score (nSPS) is 11.9. The summed E-state index contributed by atoms with van der Waals surface area (Å²) in [5.41, 5.74) is -1.25. The molecule has 0 atom stereocenters. The number of amides is 1. The second-order valence-corrected chi connectivity index (χ2v) is 10.2. The molecule has 0 radical (unpaired) electrons. The minimum atomic E-state index is -4.66. The number of nitrogens with zero attached hydrogens (tertiary/aromatic N) is 1. The lowest BCUT2D eigenvalue weighted by Crippen LogP contribution is -2.41.